The van der Waals surface area contributed by atoms with Gasteiger partial charge in [-0.2, -0.15) is 0 Å². The molecule has 0 saturated carbocycles. The van der Waals surface area contributed by atoms with E-state index in [4.69, 9.17) is 10.2 Å². The molecule has 0 aromatic rings. The summed E-state index contributed by atoms with van der Waals surface area (Å²) in [7, 11) is 0. The Morgan fingerprint density at radius 3 is 1.56 bits per heavy atom. The van der Waals surface area contributed by atoms with Gasteiger partial charge in [-0.15, -0.1) is 0 Å². The van der Waals surface area contributed by atoms with Crippen LogP contribution in [0.5, 0.6) is 0 Å². The molecule has 0 fully saturated rings. The van der Waals surface area contributed by atoms with E-state index < -0.39 is 23.8 Å². The van der Waals surface area contributed by atoms with Gasteiger partial charge in [-0.3, -0.25) is 9.59 Å². The molecule has 4 nitrogen and oxygen atoms in total. The lowest BCUT2D eigenvalue weighted by Gasteiger charge is -2.14. The quantitative estimate of drug-likeness (QED) is 0.764. The van der Waals surface area contributed by atoms with E-state index in [1.165, 1.54) is 6.92 Å². The number of carboxylic acid groups (broad SMARTS) is 2. The van der Waals surface area contributed by atoms with E-state index >= 15 is 0 Å². The van der Waals surface area contributed by atoms with Crippen LogP contribution in [0.1, 0.15) is 56.4 Å². The van der Waals surface area contributed by atoms with Gasteiger partial charge in [0, 0.05) is 0 Å². The fourth-order valence-electron chi connectivity index (χ4n) is 1.07. The average molecular weight is 238 g/mol. The van der Waals surface area contributed by atoms with Crippen LogP contribution >= 0.6 is 0 Å². The lowest BCUT2D eigenvalue weighted by molar-refractivity contribution is -0.153. The first-order chi connectivity index (χ1) is 5.50. The van der Waals surface area contributed by atoms with Gasteiger partial charge in [0.2, 0.25) is 0 Å². The predicted octanol–water partition coefficient (Wildman–Crippen LogP) is 3.75. The minimum atomic E-state index is -1.05. The molecule has 2 unspecified atom stereocenters. The maximum Gasteiger partial charge on any atom is 0.307 e. The van der Waals surface area contributed by atoms with E-state index in [2.05, 4.69) is 0 Å². The third-order valence-electron chi connectivity index (χ3n) is 1.91. The number of hydrogen-bond acceptors (Lipinski definition) is 2. The molecule has 0 rings (SSSR count). The molecular formula is C12H30O4. The van der Waals surface area contributed by atoms with Crippen molar-refractivity contribution in [2.75, 3.05) is 0 Å². The number of rotatable bonds is 5. The molecule has 0 amide bonds. The highest BCUT2D eigenvalue weighted by Crippen LogP contribution is 2.17. The molecule has 0 aliphatic heterocycles. The first-order valence-corrected chi connectivity index (χ1v) is 3.96. The molecule has 0 heterocycles. The van der Waals surface area contributed by atoms with Crippen LogP contribution < -0.4 is 0 Å². The van der Waals surface area contributed by atoms with Crippen LogP contribution in [0.4, 0.5) is 0 Å². The van der Waals surface area contributed by atoms with Crippen molar-refractivity contribution in [2.45, 2.75) is 56.4 Å². The van der Waals surface area contributed by atoms with Crippen molar-refractivity contribution in [3.05, 3.63) is 0 Å². The van der Waals surface area contributed by atoms with Gasteiger partial charge >= 0.3 is 11.9 Å². The summed E-state index contributed by atoms with van der Waals surface area (Å²) in [6.45, 7) is 3.27. The Labute approximate surface area is 101 Å². The minimum absolute atomic E-state index is 0. The van der Waals surface area contributed by atoms with Crippen LogP contribution in [0, 0.1) is 11.8 Å². The van der Waals surface area contributed by atoms with Crippen molar-refractivity contribution >= 4 is 11.9 Å². The van der Waals surface area contributed by atoms with E-state index in [1.54, 1.807) is 0 Å². The number of aliphatic carboxylic acids is 2. The molecule has 0 aliphatic carbocycles. The maximum absolute atomic E-state index is 10.6. The van der Waals surface area contributed by atoms with Gasteiger partial charge in [0.25, 0.3) is 0 Å². The Balaban J connectivity index is -0.000000101. The van der Waals surface area contributed by atoms with Crippen LogP contribution in [0.2, 0.25) is 0 Å². The van der Waals surface area contributed by atoms with Crippen molar-refractivity contribution in [3.8, 4) is 0 Å². The maximum atomic E-state index is 10.6. The van der Waals surface area contributed by atoms with Gasteiger partial charge in [0.1, 0.15) is 0 Å². The van der Waals surface area contributed by atoms with E-state index in [0.29, 0.717) is 12.8 Å². The lowest BCUT2D eigenvalue weighted by Crippen LogP contribution is -2.27. The van der Waals surface area contributed by atoms with E-state index in [9.17, 15) is 9.59 Å². The van der Waals surface area contributed by atoms with Crippen LogP contribution in [-0.2, 0) is 9.59 Å². The minimum Gasteiger partial charge on any atom is -0.481 e. The fraction of sp³-hybridized carbons (Fsp3) is 0.833. The molecule has 0 saturated heterocycles. The van der Waals surface area contributed by atoms with Crippen LogP contribution in [0.15, 0.2) is 0 Å². The largest absolute Gasteiger partial charge is 0.481 e. The molecule has 2 N–H and O–H groups in total. The van der Waals surface area contributed by atoms with Crippen molar-refractivity contribution in [1.29, 1.82) is 0 Å². The summed E-state index contributed by atoms with van der Waals surface area (Å²) < 4.78 is 0. The van der Waals surface area contributed by atoms with E-state index in [-0.39, 0.29) is 29.7 Å². The smallest absolute Gasteiger partial charge is 0.307 e. The Morgan fingerprint density at radius 2 is 1.38 bits per heavy atom. The molecule has 2 atom stereocenters. The first kappa shape index (κ1) is 29.4. The second-order valence-electron chi connectivity index (χ2n) is 2.86. The van der Waals surface area contributed by atoms with Gasteiger partial charge in [0.15, 0.2) is 0 Å². The monoisotopic (exact) mass is 238 g/mol. The molecule has 0 radical (unpaired) electrons. The third kappa shape index (κ3) is 9.49. The number of carbonyl (C=O) groups is 2. The Morgan fingerprint density at radius 1 is 1.00 bits per heavy atom. The second-order valence-corrected chi connectivity index (χ2v) is 2.86. The summed E-state index contributed by atoms with van der Waals surface area (Å²) in [6.07, 6.45) is 1.11. The van der Waals surface area contributed by atoms with Crippen LogP contribution in [0.3, 0.4) is 0 Å². The summed E-state index contributed by atoms with van der Waals surface area (Å²) in [4.78, 5) is 21.0. The molecule has 102 valence electrons. The molecule has 0 aromatic heterocycles. The fourth-order valence-corrected chi connectivity index (χ4v) is 1.07. The van der Waals surface area contributed by atoms with Gasteiger partial charge in [-0.25, -0.2) is 0 Å². The Bertz CT molecular complexity index is 178. The van der Waals surface area contributed by atoms with Crippen LogP contribution in [0.25, 0.3) is 0 Å². The van der Waals surface area contributed by atoms with Crippen molar-refractivity contribution in [2.24, 2.45) is 11.8 Å². The molecule has 0 bridgehead atoms. The normalized spacial score (nSPS) is 11.4. The van der Waals surface area contributed by atoms with Gasteiger partial charge in [-0.05, 0) is 6.42 Å². The highest BCUT2D eigenvalue weighted by Gasteiger charge is 2.28. The second kappa shape index (κ2) is 13.9. The molecule has 0 spiro atoms. The summed E-state index contributed by atoms with van der Waals surface area (Å²) in [5.41, 5.74) is 0. The molecule has 16 heavy (non-hydrogen) atoms. The molecule has 0 aliphatic rings. The number of carboxylic acids is 2. The van der Waals surface area contributed by atoms with Crippen molar-refractivity contribution in [3.63, 3.8) is 0 Å². The zero-order chi connectivity index (χ0) is 9.72. The SMILES string of the molecule is C.C.C.C.CCCC(C(=O)O)C(C)C(=O)O. The van der Waals surface area contributed by atoms with Crippen molar-refractivity contribution < 1.29 is 19.8 Å². The van der Waals surface area contributed by atoms with Gasteiger partial charge in [0.05, 0.1) is 11.8 Å². The summed E-state index contributed by atoms with van der Waals surface area (Å²) in [6, 6.07) is 0. The van der Waals surface area contributed by atoms with Crippen LogP contribution in [-0.4, -0.2) is 22.2 Å². The summed E-state index contributed by atoms with van der Waals surface area (Å²) >= 11 is 0. The van der Waals surface area contributed by atoms with E-state index in [1.807, 2.05) is 6.92 Å². The number of hydrogen-bond donors (Lipinski definition) is 2. The molecule has 0 aromatic carbocycles. The van der Waals surface area contributed by atoms with Gasteiger partial charge in [-0.1, -0.05) is 50.0 Å². The summed E-state index contributed by atoms with van der Waals surface area (Å²) in [5.74, 6) is -3.63. The average Bonchev–Trinajstić information content (AvgIpc) is 1.98. The Hall–Kier alpha value is -1.06. The highest BCUT2D eigenvalue weighted by molar-refractivity contribution is 5.79. The standard InChI is InChI=1S/C8H14O4.4CH4/c1-3-4-6(8(11)12)5(2)7(9)10;;;;/h5-6H,3-4H2,1-2H3,(H,9,10)(H,11,12);4*1H4. The Kier molecular flexibility index (Phi) is 25.6. The van der Waals surface area contributed by atoms with Crippen molar-refractivity contribution in [1.82, 2.24) is 0 Å². The predicted molar refractivity (Wildman–Crippen MR) is 69.8 cm³/mol. The zero-order valence-electron chi connectivity index (χ0n) is 7.28. The summed E-state index contributed by atoms with van der Waals surface area (Å²) in [5, 5.41) is 17.2. The third-order valence-corrected chi connectivity index (χ3v) is 1.91. The van der Waals surface area contributed by atoms with E-state index in [0.717, 1.165) is 0 Å². The lowest BCUT2D eigenvalue weighted by atomic mass is 9.90. The zero-order valence-corrected chi connectivity index (χ0v) is 7.28. The highest BCUT2D eigenvalue weighted by atomic mass is 16.4. The topological polar surface area (TPSA) is 74.6 Å². The molecule has 4 heteroatoms. The first-order valence-electron chi connectivity index (χ1n) is 3.96. The molecular weight excluding hydrogens is 208 g/mol. The van der Waals surface area contributed by atoms with Gasteiger partial charge < -0.3 is 10.2 Å².